The van der Waals surface area contributed by atoms with E-state index in [1.807, 2.05) is 6.92 Å². The summed E-state index contributed by atoms with van der Waals surface area (Å²) in [6, 6.07) is 0. The molecule has 0 unspecified atom stereocenters. The predicted molar refractivity (Wildman–Crippen MR) is 65.0 cm³/mol. The van der Waals surface area contributed by atoms with Gasteiger partial charge in [-0.1, -0.05) is 11.3 Å². The van der Waals surface area contributed by atoms with Crippen molar-refractivity contribution in [1.82, 2.24) is 15.1 Å². The summed E-state index contributed by atoms with van der Waals surface area (Å²) in [7, 11) is 0. The first-order valence-corrected chi connectivity index (χ1v) is 6.49. The second kappa shape index (κ2) is 5.56. The van der Waals surface area contributed by atoms with Crippen LogP contribution in [0.4, 0.5) is 5.13 Å². The van der Waals surface area contributed by atoms with Crippen LogP contribution in [-0.2, 0) is 0 Å². The molecule has 2 heterocycles. The van der Waals surface area contributed by atoms with Crippen LogP contribution in [0.3, 0.4) is 0 Å². The van der Waals surface area contributed by atoms with Gasteiger partial charge in [0, 0.05) is 26.2 Å². The maximum absolute atomic E-state index is 8.92. The van der Waals surface area contributed by atoms with Crippen LogP contribution in [0.25, 0.3) is 0 Å². The number of aliphatic hydroxyl groups is 1. The Balaban J connectivity index is 1.93. The highest BCUT2D eigenvalue weighted by atomic mass is 32.1. The molecule has 6 heteroatoms. The number of hydrogen-bond acceptors (Lipinski definition) is 6. The number of anilines is 1. The van der Waals surface area contributed by atoms with E-state index in [2.05, 4.69) is 20.0 Å². The molecule has 0 amide bonds. The van der Waals surface area contributed by atoms with E-state index in [0.29, 0.717) is 0 Å². The van der Waals surface area contributed by atoms with Gasteiger partial charge in [0.05, 0.1) is 6.61 Å². The Morgan fingerprint density at radius 3 is 2.81 bits per heavy atom. The molecule has 0 aliphatic carbocycles. The molecule has 2 rings (SSSR count). The smallest absolute Gasteiger partial charge is 0.208 e. The number of aromatic nitrogens is 2. The number of nitrogens with zero attached hydrogens (tertiary/aromatic N) is 4. The van der Waals surface area contributed by atoms with Gasteiger partial charge >= 0.3 is 0 Å². The van der Waals surface area contributed by atoms with Gasteiger partial charge in [0.25, 0.3) is 0 Å². The number of hydrogen-bond donors (Lipinski definition) is 1. The van der Waals surface area contributed by atoms with Crippen molar-refractivity contribution in [1.29, 1.82) is 0 Å². The predicted octanol–water partition coefficient (Wildman–Crippen LogP) is 0.351. The van der Waals surface area contributed by atoms with Crippen LogP contribution in [0.5, 0.6) is 0 Å². The Morgan fingerprint density at radius 2 is 2.12 bits per heavy atom. The Morgan fingerprint density at radius 1 is 1.25 bits per heavy atom. The molecule has 90 valence electrons. The summed E-state index contributed by atoms with van der Waals surface area (Å²) >= 11 is 1.65. The van der Waals surface area contributed by atoms with E-state index in [1.165, 1.54) is 0 Å². The van der Waals surface area contributed by atoms with Crippen LogP contribution < -0.4 is 4.90 Å². The molecule has 0 atom stereocenters. The Labute approximate surface area is 99.7 Å². The molecule has 1 fully saturated rings. The van der Waals surface area contributed by atoms with Crippen LogP contribution in [0, 0.1) is 6.92 Å². The Kier molecular flexibility index (Phi) is 4.09. The van der Waals surface area contributed by atoms with E-state index < -0.39 is 0 Å². The highest BCUT2D eigenvalue weighted by Gasteiger charge is 2.17. The van der Waals surface area contributed by atoms with Crippen LogP contribution in [-0.4, -0.2) is 59.5 Å². The number of rotatable bonds is 3. The van der Waals surface area contributed by atoms with Crippen molar-refractivity contribution in [2.24, 2.45) is 0 Å². The fraction of sp³-hybridized carbons (Fsp3) is 0.800. The number of β-amino-alcohol motifs (C(OH)–C–C–N with tert-alkyl or cyclic N) is 1. The van der Waals surface area contributed by atoms with Crippen LogP contribution >= 0.6 is 11.3 Å². The number of aliphatic hydroxyl groups excluding tert-OH is 1. The third kappa shape index (κ3) is 2.90. The zero-order valence-electron chi connectivity index (χ0n) is 9.59. The lowest BCUT2D eigenvalue weighted by Crippen LogP contribution is -2.32. The maximum Gasteiger partial charge on any atom is 0.208 e. The van der Waals surface area contributed by atoms with Gasteiger partial charge in [-0.3, -0.25) is 4.90 Å². The molecule has 0 bridgehead atoms. The van der Waals surface area contributed by atoms with Gasteiger partial charge in [-0.05, 0) is 19.9 Å². The van der Waals surface area contributed by atoms with Gasteiger partial charge in [-0.25, -0.2) is 0 Å². The van der Waals surface area contributed by atoms with Gasteiger partial charge in [0.1, 0.15) is 5.01 Å². The van der Waals surface area contributed by atoms with Crippen LogP contribution in [0.1, 0.15) is 11.4 Å². The summed E-state index contributed by atoms with van der Waals surface area (Å²) in [5.41, 5.74) is 0. The summed E-state index contributed by atoms with van der Waals surface area (Å²) in [6.07, 6.45) is 1.12. The molecule has 0 spiro atoms. The topological polar surface area (TPSA) is 52.5 Å². The van der Waals surface area contributed by atoms with Gasteiger partial charge in [-0.15, -0.1) is 10.2 Å². The molecule has 1 aromatic heterocycles. The summed E-state index contributed by atoms with van der Waals surface area (Å²) in [6.45, 7) is 7.09. The van der Waals surface area contributed by atoms with Crippen molar-refractivity contribution in [3.8, 4) is 0 Å². The van der Waals surface area contributed by atoms with Gasteiger partial charge < -0.3 is 10.0 Å². The van der Waals surface area contributed by atoms with E-state index >= 15 is 0 Å². The normalized spacial score (nSPS) is 18.8. The third-order valence-electron chi connectivity index (χ3n) is 2.79. The lowest BCUT2D eigenvalue weighted by molar-refractivity contribution is 0.204. The summed E-state index contributed by atoms with van der Waals surface area (Å²) in [5.74, 6) is 0. The first kappa shape index (κ1) is 11.8. The highest BCUT2D eigenvalue weighted by molar-refractivity contribution is 7.15. The third-order valence-corrected chi connectivity index (χ3v) is 3.69. The minimum Gasteiger partial charge on any atom is -0.395 e. The minimum absolute atomic E-state index is 0.248. The molecule has 1 aromatic rings. The van der Waals surface area contributed by atoms with Gasteiger partial charge in [-0.2, -0.15) is 0 Å². The average Bonchev–Trinajstić information content (AvgIpc) is 2.57. The number of aryl methyl sites for hydroxylation is 1. The molecule has 0 radical (unpaired) electrons. The minimum atomic E-state index is 0.248. The molecule has 1 N–H and O–H groups in total. The zero-order valence-corrected chi connectivity index (χ0v) is 10.4. The maximum atomic E-state index is 8.92. The van der Waals surface area contributed by atoms with E-state index in [9.17, 15) is 0 Å². The molecule has 0 aromatic carbocycles. The van der Waals surface area contributed by atoms with Crippen LogP contribution in [0.15, 0.2) is 0 Å². The Hall–Kier alpha value is -0.720. The van der Waals surface area contributed by atoms with Crippen molar-refractivity contribution in [2.45, 2.75) is 13.3 Å². The van der Waals surface area contributed by atoms with Crippen molar-refractivity contribution >= 4 is 16.5 Å². The van der Waals surface area contributed by atoms with E-state index in [0.717, 1.165) is 49.3 Å². The van der Waals surface area contributed by atoms with E-state index in [-0.39, 0.29) is 6.61 Å². The lowest BCUT2D eigenvalue weighted by atomic mass is 10.4. The molecular weight excluding hydrogens is 224 g/mol. The molecule has 1 aliphatic rings. The molecule has 0 saturated carbocycles. The molecule has 1 aliphatic heterocycles. The summed E-state index contributed by atoms with van der Waals surface area (Å²) in [4.78, 5) is 4.59. The van der Waals surface area contributed by atoms with Crippen LogP contribution in [0.2, 0.25) is 0 Å². The van der Waals surface area contributed by atoms with Crippen molar-refractivity contribution in [2.75, 3.05) is 44.2 Å². The molecule has 1 saturated heterocycles. The van der Waals surface area contributed by atoms with E-state index in [1.54, 1.807) is 11.3 Å². The standard InChI is InChI=1S/C10H18N4OS/c1-9-11-12-10(16-9)14-4-2-3-13(5-6-14)7-8-15/h15H,2-8H2,1H3. The van der Waals surface area contributed by atoms with Crippen molar-refractivity contribution in [3.05, 3.63) is 5.01 Å². The summed E-state index contributed by atoms with van der Waals surface area (Å²) < 4.78 is 0. The second-order valence-electron chi connectivity index (χ2n) is 4.01. The van der Waals surface area contributed by atoms with Crippen molar-refractivity contribution in [3.63, 3.8) is 0 Å². The van der Waals surface area contributed by atoms with Gasteiger partial charge in [0.2, 0.25) is 5.13 Å². The first-order valence-electron chi connectivity index (χ1n) is 5.68. The molecule has 5 nitrogen and oxygen atoms in total. The SMILES string of the molecule is Cc1nnc(N2CCCN(CCO)CC2)s1. The average molecular weight is 242 g/mol. The monoisotopic (exact) mass is 242 g/mol. The first-order chi connectivity index (χ1) is 7.79. The highest BCUT2D eigenvalue weighted by Crippen LogP contribution is 2.20. The summed E-state index contributed by atoms with van der Waals surface area (Å²) in [5, 5.41) is 19.2. The van der Waals surface area contributed by atoms with Crippen molar-refractivity contribution < 1.29 is 5.11 Å². The van der Waals surface area contributed by atoms with Gasteiger partial charge in [0.15, 0.2) is 0 Å². The lowest BCUT2D eigenvalue weighted by Gasteiger charge is -2.20. The fourth-order valence-corrected chi connectivity index (χ4v) is 2.68. The fourth-order valence-electron chi connectivity index (χ4n) is 1.94. The largest absolute Gasteiger partial charge is 0.395 e. The zero-order chi connectivity index (χ0) is 11.4. The second-order valence-corrected chi connectivity index (χ2v) is 5.17. The Bertz CT molecular complexity index is 330. The molecular formula is C10H18N4OS. The van der Waals surface area contributed by atoms with E-state index in [4.69, 9.17) is 5.11 Å². The molecule has 16 heavy (non-hydrogen) atoms. The quantitative estimate of drug-likeness (QED) is 0.829.